The van der Waals surface area contributed by atoms with Crippen LogP contribution in [0.2, 0.25) is 5.02 Å². The lowest BCUT2D eigenvalue weighted by atomic mass is 10.1. The van der Waals surface area contributed by atoms with Crippen molar-refractivity contribution in [3.63, 3.8) is 0 Å². The second-order valence-electron chi connectivity index (χ2n) is 5.97. The van der Waals surface area contributed by atoms with Crippen molar-refractivity contribution in [3.8, 4) is 0 Å². The van der Waals surface area contributed by atoms with Crippen LogP contribution in [0.3, 0.4) is 0 Å². The molecular weight excluding hydrogens is 395 g/mol. The largest absolute Gasteiger partial charge is 0.313 e. The van der Waals surface area contributed by atoms with Gasteiger partial charge in [-0.3, -0.25) is 4.79 Å². The molecule has 3 rings (SSSR count). The molecule has 140 valence electrons. The molecule has 2 aromatic carbocycles. The average molecular weight is 415 g/mol. The molecule has 1 unspecified atom stereocenters. The van der Waals surface area contributed by atoms with Gasteiger partial charge in [0.15, 0.2) is 5.78 Å². The van der Waals surface area contributed by atoms with E-state index >= 15 is 0 Å². The van der Waals surface area contributed by atoms with Gasteiger partial charge in [0.05, 0.1) is 10.9 Å². The first-order chi connectivity index (χ1) is 11.9. The lowest BCUT2D eigenvalue weighted by Gasteiger charge is -2.35. The van der Waals surface area contributed by atoms with E-state index in [1.54, 1.807) is 24.3 Å². The Morgan fingerprint density at radius 3 is 2.62 bits per heavy atom. The summed E-state index contributed by atoms with van der Waals surface area (Å²) < 4.78 is 27.8. The third kappa shape index (κ3) is 4.27. The molecule has 1 N–H and O–H groups in total. The summed E-state index contributed by atoms with van der Waals surface area (Å²) in [6.45, 7) is 2.85. The fourth-order valence-electron chi connectivity index (χ4n) is 2.98. The Kier molecular flexibility index (Phi) is 6.82. The van der Waals surface area contributed by atoms with Crippen LogP contribution < -0.4 is 5.32 Å². The van der Waals surface area contributed by atoms with Crippen LogP contribution in [0.1, 0.15) is 28.9 Å². The van der Waals surface area contributed by atoms with E-state index in [1.165, 1.54) is 23.4 Å². The molecule has 0 saturated carbocycles. The first kappa shape index (κ1) is 20.9. The Morgan fingerprint density at radius 1 is 1.19 bits per heavy atom. The zero-order chi connectivity index (χ0) is 18.0. The summed E-state index contributed by atoms with van der Waals surface area (Å²) in [5.41, 5.74) is 1.22. The van der Waals surface area contributed by atoms with Crippen molar-refractivity contribution in [2.24, 2.45) is 0 Å². The standard InChI is InChI=1S/C18H19ClN2O3S.ClH/c1-13(22)14-4-3-7-17(11-14)25(23,24)21-9-8-20-12-18(21)15-5-2-6-16(19)10-15;/h2-7,10-11,18,20H,8-9,12H2,1H3;1H. The van der Waals surface area contributed by atoms with Gasteiger partial charge in [-0.1, -0.05) is 35.9 Å². The lowest BCUT2D eigenvalue weighted by molar-refractivity contribution is 0.101. The summed E-state index contributed by atoms with van der Waals surface area (Å²) in [6.07, 6.45) is 0. The number of hydrogen-bond acceptors (Lipinski definition) is 4. The predicted molar refractivity (Wildman–Crippen MR) is 105 cm³/mol. The number of nitrogens with zero attached hydrogens (tertiary/aromatic N) is 1. The SMILES string of the molecule is CC(=O)c1cccc(S(=O)(=O)N2CCNCC2c2cccc(Cl)c2)c1.Cl. The summed E-state index contributed by atoms with van der Waals surface area (Å²) in [5.74, 6) is -0.163. The number of carbonyl (C=O) groups excluding carboxylic acids is 1. The van der Waals surface area contributed by atoms with E-state index in [1.807, 2.05) is 12.1 Å². The van der Waals surface area contributed by atoms with Crippen molar-refractivity contribution in [1.82, 2.24) is 9.62 Å². The van der Waals surface area contributed by atoms with Gasteiger partial charge >= 0.3 is 0 Å². The first-order valence-electron chi connectivity index (χ1n) is 7.98. The topological polar surface area (TPSA) is 66.5 Å². The van der Waals surface area contributed by atoms with Gasteiger partial charge in [0.1, 0.15) is 0 Å². The van der Waals surface area contributed by atoms with Crippen LogP contribution in [-0.2, 0) is 10.0 Å². The highest BCUT2D eigenvalue weighted by Gasteiger charge is 2.34. The fourth-order valence-corrected chi connectivity index (χ4v) is 4.84. The van der Waals surface area contributed by atoms with E-state index in [0.717, 1.165) is 5.56 Å². The molecule has 8 heteroatoms. The number of sulfonamides is 1. The average Bonchev–Trinajstić information content (AvgIpc) is 2.62. The molecule has 5 nitrogen and oxygen atoms in total. The number of hydrogen-bond donors (Lipinski definition) is 1. The summed E-state index contributed by atoms with van der Waals surface area (Å²) in [4.78, 5) is 11.7. The second kappa shape index (κ2) is 8.50. The molecule has 1 heterocycles. The molecule has 0 radical (unpaired) electrons. The molecule has 1 atom stereocenters. The molecule has 0 bridgehead atoms. The van der Waals surface area contributed by atoms with Gasteiger partial charge in [-0.15, -0.1) is 12.4 Å². The number of carbonyl (C=O) groups is 1. The molecule has 1 aliphatic heterocycles. The Morgan fingerprint density at radius 2 is 1.92 bits per heavy atom. The van der Waals surface area contributed by atoms with Crippen LogP contribution in [0.5, 0.6) is 0 Å². The van der Waals surface area contributed by atoms with Gasteiger partial charge in [-0.2, -0.15) is 4.31 Å². The van der Waals surface area contributed by atoms with Crippen molar-refractivity contribution in [1.29, 1.82) is 0 Å². The highest BCUT2D eigenvalue weighted by Crippen LogP contribution is 2.30. The second-order valence-corrected chi connectivity index (χ2v) is 8.30. The normalized spacial score (nSPS) is 18.2. The van der Waals surface area contributed by atoms with Crippen molar-refractivity contribution in [2.75, 3.05) is 19.6 Å². The molecule has 0 aromatic heterocycles. The van der Waals surface area contributed by atoms with E-state index in [9.17, 15) is 13.2 Å². The zero-order valence-corrected chi connectivity index (χ0v) is 16.6. The predicted octanol–water partition coefficient (Wildman–Crippen LogP) is 3.30. The summed E-state index contributed by atoms with van der Waals surface area (Å²) in [6, 6.07) is 13.1. The van der Waals surface area contributed by atoms with Gasteiger partial charge < -0.3 is 5.32 Å². The van der Waals surface area contributed by atoms with Crippen LogP contribution in [0, 0.1) is 0 Å². The van der Waals surface area contributed by atoms with Crippen LogP contribution in [0.4, 0.5) is 0 Å². The Hall–Kier alpha value is -1.44. The molecule has 1 aliphatic rings. The molecule has 2 aromatic rings. The van der Waals surface area contributed by atoms with E-state index in [2.05, 4.69) is 5.32 Å². The van der Waals surface area contributed by atoms with E-state index in [-0.39, 0.29) is 29.1 Å². The van der Waals surface area contributed by atoms with Gasteiger partial charge in [-0.05, 0) is 36.8 Å². The molecule has 1 fully saturated rings. The van der Waals surface area contributed by atoms with Crippen molar-refractivity contribution >= 4 is 39.8 Å². The third-order valence-corrected chi connectivity index (χ3v) is 6.41. The number of benzene rings is 2. The van der Waals surface area contributed by atoms with E-state index in [0.29, 0.717) is 30.2 Å². The van der Waals surface area contributed by atoms with Crippen molar-refractivity contribution in [2.45, 2.75) is 17.9 Å². The zero-order valence-electron chi connectivity index (χ0n) is 14.2. The van der Waals surface area contributed by atoms with Crippen molar-refractivity contribution in [3.05, 3.63) is 64.7 Å². The van der Waals surface area contributed by atoms with Gasteiger partial charge in [0, 0.05) is 30.2 Å². The van der Waals surface area contributed by atoms with Crippen LogP contribution in [0.25, 0.3) is 0 Å². The van der Waals surface area contributed by atoms with Crippen LogP contribution >= 0.6 is 24.0 Å². The first-order valence-corrected chi connectivity index (χ1v) is 9.80. The monoisotopic (exact) mass is 414 g/mol. The fraction of sp³-hybridized carbons (Fsp3) is 0.278. The van der Waals surface area contributed by atoms with Gasteiger partial charge in [-0.25, -0.2) is 8.42 Å². The molecule has 0 aliphatic carbocycles. The summed E-state index contributed by atoms with van der Waals surface area (Å²) in [5, 5.41) is 3.80. The Labute approximate surface area is 164 Å². The number of rotatable bonds is 4. The molecule has 0 amide bonds. The molecule has 26 heavy (non-hydrogen) atoms. The maximum atomic E-state index is 13.2. The maximum absolute atomic E-state index is 13.2. The highest BCUT2D eigenvalue weighted by molar-refractivity contribution is 7.89. The minimum absolute atomic E-state index is 0. The number of Topliss-reactive ketones (excluding diaryl/α,β-unsaturated/α-hetero) is 1. The van der Waals surface area contributed by atoms with Crippen LogP contribution in [-0.4, -0.2) is 38.1 Å². The molecule has 0 spiro atoms. The minimum Gasteiger partial charge on any atom is -0.313 e. The number of ketones is 1. The number of nitrogens with one attached hydrogen (secondary N) is 1. The van der Waals surface area contributed by atoms with Crippen molar-refractivity contribution < 1.29 is 13.2 Å². The minimum atomic E-state index is -3.73. The summed E-state index contributed by atoms with van der Waals surface area (Å²) in [7, 11) is -3.73. The van der Waals surface area contributed by atoms with E-state index in [4.69, 9.17) is 11.6 Å². The number of piperazine rings is 1. The smallest absolute Gasteiger partial charge is 0.243 e. The van der Waals surface area contributed by atoms with Gasteiger partial charge in [0.2, 0.25) is 10.0 Å². The Balaban J connectivity index is 0.00000243. The third-order valence-electron chi connectivity index (χ3n) is 4.27. The number of halogens is 2. The molecule has 1 saturated heterocycles. The Bertz CT molecular complexity index is 903. The quantitative estimate of drug-likeness (QED) is 0.779. The van der Waals surface area contributed by atoms with Crippen LogP contribution in [0.15, 0.2) is 53.4 Å². The van der Waals surface area contributed by atoms with E-state index < -0.39 is 10.0 Å². The van der Waals surface area contributed by atoms with Gasteiger partial charge in [0.25, 0.3) is 0 Å². The maximum Gasteiger partial charge on any atom is 0.243 e. The highest BCUT2D eigenvalue weighted by atomic mass is 35.5. The lowest BCUT2D eigenvalue weighted by Crippen LogP contribution is -2.48. The molecular formula is C18H20Cl2N2O3S. The summed E-state index contributed by atoms with van der Waals surface area (Å²) >= 11 is 6.07.